The van der Waals surface area contributed by atoms with Crippen molar-refractivity contribution in [2.75, 3.05) is 19.6 Å². The van der Waals surface area contributed by atoms with Crippen LogP contribution in [0.15, 0.2) is 41.3 Å². The Labute approximate surface area is 207 Å². The molecule has 4 rings (SSSR count). The minimum Gasteiger partial charge on any atom is -0.341 e. The molecule has 2 aromatic carbocycles. The van der Waals surface area contributed by atoms with E-state index in [1.807, 2.05) is 0 Å². The van der Waals surface area contributed by atoms with Gasteiger partial charge in [-0.3, -0.25) is 4.79 Å². The van der Waals surface area contributed by atoms with Crippen molar-refractivity contribution in [1.29, 1.82) is 0 Å². The second-order valence-electron chi connectivity index (χ2n) is 8.58. The predicted octanol–water partition coefficient (Wildman–Crippen LogP) is 3.42. The average molecular weight is 536 g/mol. The van der Waals surface area contributed by atoms with E-state index in [2.05, 4.69) is 10.0 Å². The van der Waals surface area contributed by atoms with Gasteiger partial charge >= 0.3 is 6.18 Å². The van der Waals surface area contributed by atoms with Crippen molar-refractivity contribution < 1.29 is 30.8 Å². The normalized spacial score (nSPS) is 17.0. The van der Waals surface area contributed by atoms with E-state index in [9.17, 15) is 30.8 Å². The second-order valence-corrected chi connectivity index (χ2v) is 10.3. The molecule has 0 saturated carbocycles. The fourth-order valence-electron chi connectivity index (χ4n) is 4.38. The van der Waals surface area contributed by atoms with Crippen LogP contribution in [-0.2, 0) is 40.4 Å². The molecule has 192 valence electrons. The molecule has 2 aliphatic heterocycles. The number of sulfonamides is 1. The zero-order chi connectivity index (χ0) is 24.5. The smallest absolute Gasteiger partial charge is 0.341 e. The number of nitrogens with zero attached hydrogens (tertiary/aromatic N) is 1. The molecule has 2 aromatic rings. The first-order valence-electron chi connectivity index (χ1n) is 11.0. The highest BCUT2D eigenvalue weighted by atomic mass is 35.5. The van der Waals surface area contributed by atoms with Crippen LogP contribution in [0.1, 0.15) is 35.1 Å². The summed E-state index contributed by atoms with van der Waals surface area (Å²) in [5.41, 5.74) is 0.252. The Hall–Kier alpha value is -2.21. The summed E-state index contributed by atoms with van der Waals surface area (Å²) in [6, 6.07) is 5.43. The van der Waals surface area contributed by atoms with Crippen LogP contribution in [0.4, 0.5) is 17.6 Å². The third-order valence-electron chi connectivity index (χ3n) is 6.15. The first-order valence-corrected chi connectivity index (χ1v) is 12.5. The summed E-state index contributed by atoms with van der Waals surface area (Å²) in [4.78, 5) is 14.3. The van der Waals surface area contributed by atoms with Crippen molar-refractivity contribution in [3.63, 3.8) is 0 Å². The maximum absolute atomic E-state index is 14.6. The maximum atomic E-state index is 14.6. The number of hydrogen-bond acceptors (Lipinski definition) is 4. The number of carbonyl (C=O) groups is 1. The molecule has 1 atom stereocenters. The topological polar surface area (TPSA) is 78.5 Å². The fraction of sp³-hybridized carbons (Fsp3) is 0.435. The molecule has 6 nitrogen and oxygen atoms in total. The summed E-state index contributed by atoms with van der Waals surface area (Å²) in [5.74, 6) is -1.17. The van der Waals surface area contributed by atoms with Crippen molar-refractivity contribution in [2.45, 2.75) is 49.3 Å². The predicted molar refractivity (Wildman–Crippen MR) is 124 cm³/mol. The Bertz CT molecular complexity index is 1190. The second kappa shape index (κ2) is 10.8. The Morgan fingerprint density at radius 1 is 1.14 bits per heavy atom. The summed E-state index contributed by atoms with van der Waals surface area (Å²) in [5, 5.41) is 3.03. The quantitative estimate of drug-likeness (QED) is 0.556. The number of alkyl halides is 3. The first kappa shape index (κ1) is 27.4. The van der Waals surface area contributed by atoms with Gasteiger partial charge in [0.1, 0.15) is 11.9 Å². The lowest BCUT2D eigenvalue weighted by Crippen LogP contribution is -2.49. The summed E-state index contributed by atoms with van der Waals surface area (Å²) in [6.07, 6.45) is -2.86. The van der Waals surface area contributed by atoms with Gasteiger partial charge in [-0.25, -0.2) is 12.8 Å². The molecular weight excluding hydrogens is 510 g/mol. The number of likely N-dealkylation sites (tertiary alicyclic amines) is 1. The molecule has 1 amide bonds. The molecule has 0 radical (unpaired) electrons. The van der Waals surface area contributed by atoms with E-state index in [1.54, 1.807) is 0 Å². The summed E-state index contributed by atoms with van der Waals surface area (Å²) in [6.45, 7) is 1.76. The van der Waals surface area contributed by atoms with Gasteiger partial charge in [0.05, 0.1) is 10.5 Å². The lowest BCUT2D eigenvalue weighted by Gasteiger charge is -2.25. The van der Waals surface area contributed by atoms with Crippen molar-refractivity contribution >= 4 is 28.3 Å². The van der Waals surface area contributed by atoms with E-state index in [1.165, 1.54) is 23.1 Å². The number of benzene rings is 2. The van der Waals surface area contributed by atoms with Gasteiger partial charge in [-0.05, 0) is 61.6 Å². The van der Waals surface area contributed by atoms with Crippen LogP contribution in [0.25, 0.3) is 0 Å². The molecule has 2 heterocycles. The van der Waals surface area contributed by atoms with E-state index in [0.29, 0.717) is 43.7 Å². The number of halogens is 5. The van der Waals surface area contributed by atoms with E-state index in [0.717, 1.165) is 31.0 Å². The van der Waals surface area contributed by atoms with E-state index in [4.69, 9.17) is 0 Å². The largest absolute Gasteiger partial charge is 0.416 e. The third kappa shape index (κ3) is 6.32. The highest BCUT2D eigenvalue weighted by Crippen LogP contribution is 2.30. The Morgan fingerprint density at radius 3 is 2.54 bits per heavy atom. The Kier molecular flexibility index (Phi) is 8.46. The van der Waals surface area contributed by atoms with Crippen molar-refractivity contribution in [3.05, 3.63) is 64.5 Å². The third-order valence-corrected chi connectivity index (χ3v) is 7.60. The van der Waals surface area contributed by atoms with Gasteiger partial charge in [0.2, 0.25) is 15.9 Å². The van der Waals surface area contributed by atoms with Crippen LogP contribution in [0, 0.1) is 5.82 Å². The molecule has 0 spiro atoms. The number of rotatable bonds is 6. The molecule has 1 fully saturated rings. The van der Waals surface area contributed by atoms with Gasteiger partial charge in [0.25, 0.3) is 0 Å². The molecule has 0 bridgehead atoms. The summed E-state index contributed by atoms with van der Waals surface area (Å²) in [7, 11) is -4.33. The molecule has 1 saturated heterocycles. The van der Waals surface area contributed by atoms with E-state index in [-0.39, 0.29) is 29.3 Å². The number of carbonyl (C=O) groups excluding carboxylic acids is 1. The highest BCUT2D eigenvalue weighted by Gasteiger charge is 2.34. The van der Waals surface area contributed by atoms with Crippen LogP contribution in [0.3, 0.4) is 0 Å². The van der Waals surface area contributed by atoms with Crippen molar-refractivity contribution in [1.82, 2.24) is 14.9 Å². The zero-order valence-electron chi connectivity index (χ0n) is 18.7. The molecule has 0 unspecified atom stereocenters. The minimum absolute atomic E-state index is 0. The maximum Gasteiger partial charge on any atom is 0.416 e. The van der Waals surface area contributed by atoms with Crippen LogP contribution in [0.5, 0.6) is 0 Å². The molecule has 2 N–H and O–H groups in total. The van der Waals surface area contributed by atoms with Crippen molar-refractivity contribution in [2.24, 2.45) is 0 Å². The van der Waals surface area contributed by atoms with Crippen LogP contribution in [0.2, 0.25) is 0 Å². The number of nitrogens with one attached hydrogen (secondary N) is 2. The summed E-state index contributed by atoms with van der Waals surface area (Å²) >= 11 is 0. The number of hydrogen-bond donors (Lipinski definition) is 2. The van der Waals surface area contributed by atoms with E-state index < -0.39 is 39.5 Å². The lowest BCUT2D eigenvalue weighted by molar-refractivity contribution is -0.137. The first-order chi connectivity index (χ1) is 16.0. The van der Waals surface area contributed by atoms with Gasteiger partial charge in [0, 0.05) is 25.2 Å². The highest BCUT2D eigenvalue weighted by molar-refractivity contribution is 7.89. The SMILES string of the molecule is Cl.O=C([C@@H](Cc1cccc(C(F)(F)F)c1)NS(=O)(=O)c1cc(F)c2c(c1)CCNC2)N1CCCC1. The number of fused-ring (bicyclic) bond motifs is 1. The Morgan fingerprint density at radius 2 is 1.86 bits per heavy atom. The molecular formula is C23H26ClF4N3O3S. The van der Waals surface area contributed by atoms with E-state index >= 15 is 0 Å². The minimum atomic E-state index is -4.57. The monoisotopic (exact) mass is 535 g/mol. The van der Waals surface area contributed by atoms with Crippen LogP contribution < -0.4 is 10.0 Å². The van der Waals surface area contributed by atoms with Gasteiger partial charge in [0.15, 0.2) is 0 Å². The summed E-state index contributed by atoms with van der Waals surface area (Å²) < 4.78 is 82.7. The molecule has 12 heteroatoms. The average Bonchev–Trinajstić information content (AvgIpc) is 3.33. The molecule has 2 aliphatic rings. The lowest BCUT2D eigenvalue weighted by atomic mass is 10.0. The van der Waals surface area contributed by atoms with Crippen LogP contribution in [-0.4, -0.2) is 44.9 Å². The van der Waals surface area contributed by atoms with Gasteiger partial charge < -0.3 is 10.2 Å². The van der Waals surface area contributed by atoms with Gasteiger partial charge in [-0.2, -0.15) is 17.9 Å². The molecule has 35 heavy (non-hydrogen) atoms. The van der Waals surface area contributed by atoms with Gasteiger partial charge in [-0.15, -0.1) is 12.4 Å². The Balaban J connectivity index is 0.00000342. The van der Waals surface area contributed by atoms with Gasteiger partial charge in [-0.1, -0.05) is 18.2 Å². The molecule has 0 aromatic heterocycles. The molecule has 0 aliphatic carbocycles. The number of amides is 1. The van der Waals surface area contributed by atoms with Crippen molar-refractivity contribution in [3.8, 4) is 0 Å². The standard InChI is InChI=1S/C23H25F4N3O3S.ClH/c24-20-13-18(12-16-6-7-28-14-19(16)20)34(32,33)29-21(22(31)30-8-1-2-9-30)11-15-4-3-5-17(10-15)23(25,26)27;/h3-5,10,12-13,21,28-29H,1-2,6-9,11,14H2;1H/t21-;/m1./s1. The van der Waals surface area contributed by atoms with Crippen LogP contribution >= 0.6 is 12.4 Å². The fourth-order valence-corrected chi connectivity index (χ4v) is 5.63. The zero-order valence-corrected chi connectivity index (χ0v) is 20.3.